The molecule has 2 aliphatic rings. The Bertz CT molecular complexity index is 276. The lowest BCUT2D eigenvalue weighted by atomic mass is 9.74. The number of likely N-dealkylation sites (N-methyl/N-ethyl adjacent to an activating group) is 1. The number of aliphatic hydroxyl groups excluding tert-OH is 1. The summed E-state index contributed by atoms with van der Waals surface area (Å²) in [6, 6.07) is 0. The maximum atomic E-state index is 10.3. The fraction of sp³-hybridized carbons (Fsp3) is 1.00. The lowest BCUT2D eigenvalue weighted by molar-refractivity contribution is 0.00738. The van der Waals surface area contributed by atoms with Gasteiger partial charge in [-0.15, -0.1) is 0 Å². The van der Waals surface area contributed by atoms with Crippen LogP contribution in [0.15, 0.2) is 0 Å². The Kier molecular flexibility index (Phi) is 6.31. The van der Waals surface area contributed by atoms with Crippen molar-refractivity contribution >= 4 is 0 Å². The standard InChI is InChI=1S/C17H33NO2/c1-4-18(12-16-6-5-9-20-16)11-15-10-14(13(2)3)7-8-17(15)19/h13-17,19H,4-12H2,1-3H3. The number of aliphatic hydroxyl groups is 1. The summed E-state index contributed by atoms with van der Waals surface area (Å²) in [6.45, 7) is 11.0. The van der Waals surface area contributed by atoms with Gasteiger partial charge in [-0.05, 0) is 56.4 Å². The van der Waals surface area contributed by atoms with E-state index >= 15 is 0 Å². The Morgan fingerprint density at radius 2 is 2.00 bits per heavy atom. The molecule has 3 nitrogen and oxygen atoms in total. The van der Waals surface area contributed by atoms with Crippen LogP contribution in [0.1, 0.15) is 52.9 Å². The molecule has 3 heteroatoms. The van der Waals surface area contributed by atoms with Gasteiger partial charge in [-0.25, -0.2) is 0 Å². The summed E-state index contributed by atoms with van der Waals surface area (Å²) < 4.78 is 5.76. The minimum absolute atomic E-state index is 0.0939. The Morgan fingerprint density at radius 3 is 2.60 bits per heavy atom. The van der Waals surface area contributed by atoms with Gasteiger partial charge in [-0.3, -0.25) is 0 Å². The van der Waals surface area contributed by atoms with Gasteiger partial charge in [-0.1, -0.05) is 20.8 Å². The second-order valence-corrected chi connectivity index (χ2v) is 7.13. The predicted molar refractivity (Wildman–Crippen MR) is 82.8 cm³/mol. The Labute approximate surface area is 124 Å². The third kappa shape index (κ3) is 4.44. The average molecular weight is 283 g/mol. The molecule has 1 saturated carbocycles. The molecule has 2 rings (SSSR count). The van der Waals surface area contributed by atoms with Crippen molar-refractivity contribution in [1.29, 1.82) is 0 Å². The Balaban J connectivity index is 1.84. The molecule has 0 amide bonds. The molecule has 4 unspecified atom stereocenters. The third-order valence-corrected chi connectivity index (χ3v) is 5.35. The minimum Gasteiger partial charge on any atom is -0.393 e. The first-order chi connectivity index (χ1) is 9.60. The highest BCUT2D eigenvalue weighted by molar-refractivity contribution is 4.84. The number of hydrogen-bond acceptors (Lipinski definition) is 3. The van der Waals surface area contributed by atoms with E-state index in [1.54, 1.807) is 0 Å². The molecule has 0 aromatic carbocycles. The zero-order valence-corrected chi connectivity index (χ0v) is 13.6. The van der Waals surface area contributed by atoms with Crippen LogP contribution >= 0.6 is 0 Å². The van der Waals surface area contributed by atoms with Crippen LogP contribution in [-0.2, 0) is 4.74 Å². The third-order valence-electron chi connectivity index (χ3n) is 5.35. The normalized spacial score (nSPS) is 35.1. The maximum absolute atomic E-state index is 10.3. The molecule has 2 fully saturated rings. The second-order valence-electron chi connectivity index (χ2n) is 7.13. The van der Waals surface area contributed by atoms with Crippen molar-refractivity contribution in [2.45, 2.75) is 65.1 Å². The lowest BCUT2D eigenvalue weighted by Crippen LogP contribution is -2.42. The lowest BCUT2D eigenvalue weighted by Gasteiger charge is -2.38. The predicted octanol–water partition coefficient (Wildman–Crippen LogP) is 2.92. The zero-order valence-electron chi connectivity index (χ0n) is 13.6. The Hall–Kier alpha value is -0.120. The summed E-state index contributed by atoms with van der Waals surface area (Å²) >= 11 is 0. The number of hydrogen-bond donors (Lipinski definition) is 1. The molecule has 0 aromatic heterocycles. The number of rotatable bonds is 6. The van der Waals surface area contributed by atoms with Crippen molar-refractivity contribution in [1.82, 2.24) is 4.90 Å². The SMILES string of the molecule is CCN(CC1CCCO1)CC1CC(C(C)C)CCC1O. The maximum Gasteiger partial charge on any atom is 0.0702 e. The van der Waals surface area contributed by atoms with Crippen molar-refractivity contribution in [3.8, 4) is 0 Å². The fourth-order valence-corrected chi connectivity index (χ4v) is 3.83. The van der Waals surface area contributed by atoms with E-state index in [2.05, 4.69) is 25.7 Å². The van der Waals surface area contributed by atoms with Crippen LogP contribution in [-0.4, -0.2) is 48.5 Å². The topological polar surface area (TPSA) is 32.7 Å². The van der Waals surface area contributed by atoms with Crippen LogP contribution in [0.4, 0.5) is 0 Å². The van der Waals surface area contributed by atoms with Crippen molar-refractivity contribution in [2.24, 2.45) is 17.8 Å². The molecule has 1 N–H and O–H groups in total. The molecule has 118 valence electrons. The van der Waals surface area contributed by atoms with Crippen molar-refractivity contribution < 1.29 is 9.84 Å². The smallest absolute Gasteiger partial charge is 0.0702 e. The first-order valence-corrected chi connectivity index (χ1v) is 8.62. The van der Waals surface area contributed by atoms with E-state index in [9.17, 15) is 5.11 Å². The molecule has 4 atom stereocenters. The highest BCUT2D eigenvalue weighted by atomic mass is 16.5. The second kappa shape index (κ2) is 7.77. The summed E-state index contributed by atoms with van der Waals surface area (Å²) in [6.07, 6.45) is 6.14. The highest BCUT2D eigenvalue weighted by Crippen LogP contribution is 2.34. The van der Waals surface area contributed by atoms with Crippen LogP contribution in [0.25, 0.3) is 0 Å². The first kappa shape index (κ1) is 16.3. The summed E-state index contributed by atoms with van der Waals surface area (Å²) in [5.41, 5.74) is 0. The van der Waals surface area contributed by atoms with Gasteiger partial charge in [0, 0.05) is 19.7 Å². The molecule has 0 spiro atoms. The molecule has 1 heterocycles. The van der Waals surface area contributed by atoms with Crippen molar-refractivity contribution in [3.63, 3.8) is 0 Å². The quantitative estimate of drug-likeness (QED) is 0.813. The van der Waals surface area contributed by atoms with E-state index in [4.69, 9.17) is 4.74 Å². The molecular formula is C17H33NO2. The molecule has 1 saturated heterocycles. The minimum atomic E-state index is -0.0939. The summed E-state index contributed by atoms with van der Waals surface area (Å²) in [4.78, 5) is 2.49. The van der Waals surface area contributed by atoms with E-state index in [0.29, 0.717) is 12.0 Å². The van der Waals surface area contributed by atoms with Gasteiger partial charge in [0.05, 0.1) is 12.2 Å². The Morgan fingerprint density at radius 1 is 1.20 bits per heavy atom. The van der Waals surface area contributed by atoms with E-state index in [1.165, 1.54) is 25.7 Å². The fourth-order valence-electron chi connectivity index (χ4n) is 3.83. The number of ether oxygens (including phenoxy) is 1. The van der Waals surface area contributed by atoms with E-state index in [0.717, 1.165) is 44.5 Å². The van der Waals surface area contributed by atoms with Crippen LogP contribution in [0.2, 0.25) is 0 Å². The van der Waals surface area contributed by atoms with Crippen molar-refractivity contribution in [2.75, 3.05) is 26.2 Å². The molecule has 1 aliphatic carbocycles. The average Bonchev–Trinajstić information content (AvgIpc) is 2.92. The van der Waals surface area contributed by atoms with Gasteiger partial charge in [0.1, 0.15) is 0 Å². The highest BCUT2D eigenvalue weighted by Gasteiger charge is 2.32. The molecule has 0 bridgehead atoms. The molecule has 20 heavy (non-hydrogen) atoms. The first-order valence-electron chi connectivity index (χ1n) is 8.62. The van der Waals surface area contributed by atoms with Crippen LogP contribution in [0, 0.1) is 17.8 Å². The molecular weight excluding hydrogens is 250 g/mol. The summed E-state index contributed by atoms with van der Waals surface area (Å²) in [5, 5.41) is 10.3. The summed E-state index contributed by atoms with van der Waals surface area (Å²) in [5.74, 6) is 2.00. The van der Waals surface area contributed by atoms with E-state index in [1.807, 2.05) is 0 Å². The molecule has 0 aromatic rings. The molecule has 0 radical (unpaired) electrons. The van der Waals surface area contributed by atoms with E-state index in [-0.39, 0.29) is 6.10 Å². The van der Waals surface area contributed by atoms with Crippen LogP contribution in [0.5, 0.6) is 0 Å². The van der Waals surface area contributed by atoms with Gasteiger partial charge in [-0.2, -0.15) is 0 Å². The van der Waals surface area contributed by atoms with Gasteiger partial charge < -0.3 is 14.7 Å². The van der Waals surface area contributed by atoms with Gasteiger partial charge in [0.2, 0.25) is 0 Å². The largest absolute Gasteiger partial charge is 0.393 e. The zero-order chi connectivity index (χ0) is 14.5. The summed E-state index contributed by atoms with van der Waals surface area (Å²) in [7, 11) is 0. The molecule has 1 aliphatic heterocycles. The van der Waals surface area contributed by atoms with Crippen LogP contribution < -0.4 is 0 Å². The monoisotopic (exact) mass is 283 g/mol. The van der Waals surface area contributed by atoms with Gasteiger partial charge in [0.15, 0.2) is 0 Å². The van der Waals surface area contributed by atoms with Crippen LogP contribution in [0.3, 0.4) is 0 Å². The number of nitrogens with zero attached hydrogens (tertiary/aromatic N) is 1. The van der Waals surface area contributed by atoms with Gasteiger partial charge in [0.25, 0.3) is 0 Å². The van der Waals surface area contributed by atoms with Crippen molar-refractivity contribution in [3.05, 3.63) is 0 Å². The van der Waals surface area contributed by atoms with E-state index < -0.39 is 0 Å². The van der Waals surface area contributed by atoms with Gasteiger partial charge >= 0.3 is 0 Å².